The van der Waals surface area contributed by atoms with Gasteiger partial charge in [-0.15, -0.1) is 6.42 Å². The van der Waals surface area contributed by atoms with Gasteiger partial charge in [0.1, 0.15) is 12.4 Å². The molecule has 3 nitrogen and oxygen atoms in total. The molecule has 3 heteroatoms. The first-order valence-corrected chi connectivity index (χ1v) is 6.78. The van der Waals surface area contributed by atoms with Gasteiger partial charge in [0.25, 0.3) is 5.91 Å². The Morgan fingerprint density at radius 2 is 1.81 bits per heavy atom. The lowest BCUT2D eigenvalue weighted by Gasteiger charge is -2.06. The van der Waals surface area contributed by atoms with Crippen LogP contribution in [0.15, 0.2) is 54.6 Å². The van der Waals surface area contributed by atoms with Gasteiger partial charge in [-0.05, 0) is 36.2 Å². The second-order valence-corrected chi connectivity index (χ2v) is 4.51. The number of hydrogen-bond acceptors (Lipinski definition) is 2. The number of amides is 1. The van der Waals surface area contributed by atoms with Crippen molar-refractivity contribution in [3.8, 4) is 18.1 Å². The number of terminal acetylenes is 1. The van der Waals surface area contributed by atoms with E-state index in [0.717, 1.165) is 6.42 Å². The number of hydrogen-bond donors (Lipinski definition) is 1. The Morgan fingerprint density at radius 3 is 2.48 bits per heavy atom. The second-order valence-electron chi connectivity index (χ2n) is 4.51. The molecule has 0 radical (unpaired) electrons. The number of nitrogens with one attached hydrogen (secondary N) is 1. The average Bonchev–Trinajstić information content (AvgIpc) is 2.54. The van der Waals surface area contributed by atoms with Crippen LogP contribution in [0.5, 0.6) is 5.75 Å². The third-order valence-corrected chi connectivity index (χ3v) is 2.98. The zero-order valence-electron chi connectivity index (χ0n) is 11.7. The Labute approximate surface area is 125 Å². The van der Waals surface area contributed by atoms with Gasteiger partial charge in [-0.3, -0.25) is 4.79 Å². The zero-order valence-corrected chi connectivity index (χ0v) is 11.7. The van der Waals surface area contributed by atoms with Gasteiger partial charge in [0.2, 0.25) is 0 Å². The van der Waals surface area contributed by atoms with Crippen molar-refractivity contribution in [3.63, 3.8) is 0 Å². The summed E-state index contributed by atoms with van der Waals surface area (Å²) < 4.78 is 5.26. The fourth-order valence-corrected chi connectivity index (χ4v) is 1.89. The molecule has 0 spiro atoms. The maximum Gasteiger partial charge on any atom is 0.251 e. The van der Waals surface area contributed by atoms with Crippen molar-refractivity contribution in [2.45, 2.75) is 6.42 Å². The van der Waals surface area contributed by atoms with Crippen LogP contribution in [0.2, 0.25) is 0 Å². The van der Waals surface area contributed by atoms with E-state index in [-0.39, 0.29) is 12.5 Å². The Hall–Kier alpha value is -2.73. The normalized spacial score (nSPS) is 9.67. The molecule has 2 aromatic rings. The van der Waals surface area contributed by atoms with Crippen molar-refractivity contribution in [1.29, 1.82) is 0 Å². The van der Waals surface area contributed by atoms with E-state index in [1.165, 1.54) is 5.56 Å². The average molecular weight is 279 g/mol. The Balaban J connectivity index is 1.82. The summed E-state index contributed by atoms with van der Waals surface area (Å²) in [6, 6.07) is 17.0. The van der Waals surface area contributed by atoms with Crippen molar-refractivity contribution in [3.05, 3.63) is 65.7 Å². The van der Waals surface area contributed by atoms with Crippen molar-refractivity contribution in [2.75, 3.05) is 13.2 Å². The van der Waals surface area contributed by atoms with E-state index in [2.05, 4.69) is 11.2 Å². The fourth-order valence-electron chi connectivity index (χ4n) is 1.89. The van der Waals surface area contributed by atoms with E-state index in [1.54, 1.807) is 24.3 Å². The van der Waals surface area contributed by atoms with E-state index in [0.29, 0.717) is 17.9 Å². The Bertz CT molecular complexity index is 612. The summed E-state index contributed by atoms with van der Waals surface area (Å²) in [7, 11) is 0. The van der Waals surface area contributed by atoms with Crippen molar-refractivity contribution < 1.29 is 9.53 Å². The molecule has 2 aromatic carbocycles. The molecule has 0 saturated carbocycles. The van der Waals surface area contributed by atoms with E-state index < -0.39 is 0 Å². The standard InChI is InChI=1S/C18H17NO2/c1-2-14-21-17-10-8-16(9-11-17)18(20)19-13-12-15-6-4-3-5-7-15/h1,3-11H,12-14H2,(H,19,20). The van der Waals surface area contributed by atoms with Crippen LogP contribution in [0.25, 0.3) is 0 Å². The van der Waals surface area contributed by atoms with E-state index in [9.17, 15) is 4.79 Å². The minimum absolute atomic E-state index is 0.0885. The lowest BCUT2D eigenvalue weighted by molar-refractivity contribution is 0.0954. The summed E-state index contributed by atoms with van der Waals surface area (Å²) in [5, 5.41) is 2.90. The van der Waals surface area contributed by atoms with Gasteiger partial charge in [0.15, 0.2) is 0 Å². The van der Waals surface area contributed by atoms with Crippen LogP contribution in [0.3, 0.4) is 0 Å². The zero-order chi connectivity index (χ0) is 14.9. The van der Waals surface area contributed by atoms with Crippen LogP contribution >= 0.6 is 0 Å². The summed E-state index contributed by atoms with van der Waals surface area (Å²) in [4.78, 5) is 12.0. The highest BCUT2D eigenvalue weighted by Gasteiger charge is 2.05. The molecule has 0 fully saturated rings. The van der Waals surface area contributed by atoms with Crippen LogP contribution in [0, 0.1) is 12.3 Å². The van der Waals surface area contributed by atoms with Crippen molar-refractivity contribution in [1.82, 2.24) is 5.32 Å². The van der Waals surface area contributed by atoms with Crippen LogP contribution in [0.1, 0.15) is 15.9 Å². The first kappa shape index (κ1) is 14.7. The lowest BCUT2D eigenvalue weighted by atomic mass is 10.1. The van der Waals surface area contributed by atoms with E-state index in [1.807, 2.05) is 30.3 Å². The molecule has 1 amide bonds. The highest BCUT2D eigenvalue weighted by molar-refractivity contribution is 5.94. The molecule has 0 aliphatic heterocycles. The lowest BCUT2D eigenvalue weighted by Crippen LogP contribution is -2.25. The number of carbonyl (C=O) groups excluding carboxylic acids is 1. The molecule has 21 heavy (non-hydrogen) atoms. The third-order valence-electron chi connectivity index (χ3n) is 2.98. The van der Waals surface area contributed by atoms with Gasteiger partial charge >= 0.3 is 0 Å². The van der Waals surface area contributed by atoms with Crippen LogP contribution in [-0.2, 0) is 6.42 Å². The molecule has 0 aliphatic carbocycles. The van der Waals surface area contributed by atoms with E-state index in [4.69, 9.17) is 11.2 Å². The van der Waals surface area contributed by atoms with Crippen molar-refractivity contribution in [2.24, 2.45) is 0 Å². The van der Waals surface area contributed by atoms with Crippen molar-refractivity contribution >= 4 is 5.91 Å². The molecule has 0 aromatic heterocycles. The van der Waals surface area contributed by atoms with Gasteiger partial charge < -0.3 is 10.1 Å². The summed E-state index contributed by atoms with van der Waals surface area (Å²) in [5.74, 6) is 2.97. The molecule has 0 atom stereocenters. The predicted octanol–water partition coefficient (Wildman–Crippen LogP) is 2.67. The molecule has 0 bridgehead atoms. The molecule has 106 valence electrons. The topological polar surface area (TPSA) is 38.3 Å². The Kier molecular flexibility index (Phi) is 5.42. The molecular weight excluding hydrogens is 262 g/mol. The highest BCUT2D eigenvalue weighted by atomic mass is 16.5. The molecular formula is C18H17NO2. The first-order valence-electron chi connectivity index (χ1n) is 6.78. The van der Waals surface area contributed by atoms with Gasteiger partial charge in [0.05, 0.1) is 0 Å². The van der Waals surface area contributed by atoms with Gasteiger partial charge in [0, 0.05) is 12.1 Å². The van der Waals surface area contributed by atoms with Gasteiger partial charge in [-0.2, -0.15) is 0 Å². The predicted molar refractivity (Wildman–Crippen MR) is 83.2 cm³/mol. The molecule has 2 rings (SSSR count). The summed E-state index contributed by atoms with van der Waals surface area (Å²) in [6.07, 6.45) is 5.93. The second kappa shape index (κ2) is 7.76. The van der Waals surface area contributed by atoms with E-state index >= 15 is 0 Å². The van der Waals surface area contributed by atoms with Gasteiger partial charge in [-0.1, -0.05) is 36.3 Å². The third kappa shape index (κ3) is 4.70. The molecule has 0 saturated heterocycles. The van der Waals surface area contributed by atoms with Crippen LogP contribution in [0.4, 0.5) is 0 Å². The number of benzene rings is 2. The SMILES string of the molecule is C#CCOc1ccc(C(=O)NCCc2ccccc2)cc1. The summed E-state index contributed by atoms with van der Waals surface area (Å²) in [5.41, 5.74) is 1.81. The van der Waals surface area contributed by atoms with Gasteiger partial charge in [-0.25, -0.2) is 0 Å². The molecule has 0 aliphatic rings. The minimum Gasteiger partial charge on any atom is -0.481 e. The maximum atomic E-state index is 12.0. The number of ether oxygens (including phenoxy) is 1. The summed E-state index contributed by atoms with van der Waals surface area (Å²) in [6.45, 7) is 0.834. The smallest absolute Gasteiger partial charge is 0.251 e. The Morgan fingerprint density at radius 1 is 1.10 bits per heavy atom. The monoisotopic (exact) mass is 279 g/mol. The maximum absolute atomic E-state index is 12.0. The van der Waals surface area contributed by atoms with Crippen LogP contribution < -0.4 is 10.1 Å². The fraction of sp³-hybridized carbons (Fsp3) is 0.167. The summed E-state index contributed by atoms with van der Waals surface area (Å²) >= 11 is 0. The number of rotatable bonds is 6. The highest BCUT2D eigenvalue weighted by Crippen LogP contribution is 2.11. The molecule has 0 heterocycles. The van der Waals surface area contributed by atoms with Crippen LogP contribution in [-0.4, -0.2) is 19.1 Å². The minimum atomic E-state index is -0.0885. The number of carbonyl (C=O) groups is 1. The largest absolute Gasteiger partial charge is 0.481 e. The molecule has 0 unspecified atom stereocenters. The first-order chi connectivity index (χ1) is 10.3. The molecule has 1 N–H and O–H groups in total. The quantitative estimate of drug-likeness (QED) is 0.826.